The minimum absolute atomic E-state index is 0.486. The molecule has 2 heterocycles. The van der Waals surface area contributed by atoms with E-state index in [2.05, 4.69) is 29.0 Å². The largest absolute Gasteiger partial charge is 0.432 e. The second kappa shape index (κ2) is 5.10. The number of aromatic nitrogens is 1. The number of nitrogens with zero attached hydrogens (tertiary/aromatic N) is 2. The van der Waals surface area contributed by atoms with E-state index in [1.165, 1.54) is 0 Å². The van der Waals surface area contributed by atoms with Gasteiger partial charge in [-0.2, -0.15) is 16.7 Å². The van der Waals surface area contributed by atoms with Crippen LogP contribution in [0.25, 0.3) is 0 Å². The monoisotopic (exact) mass is 241 g/mol. The predicted molar refractivity (Wildman–Crippen MR) is 68.0 cm³/mol. The Balaban J connectivity index is 2.09. The molecule has 1 saturated heterocycles. The first kappa shape index (κ1) is 11.8. The lowest BCUT2D eigenvalue weighted by Crippen LogP contribution is -2.44. The maximum atomic E-state index is 5.54. The van der Waals surface area contributed by atoms with Crippen molar-refractivity contribution >= 4 is 17.8 Å². The average Bonchev–Trinajstić information content (AvgIpc) is 2.71. The molecule has 0 saturated carbocycles. The molecule has 2 unspecified atom stereocenters. The Bertz CT molecular complexity index is 342. The highest BCUT2D eigenvalue weighted by Gasteiger charge is 2.28. The van der Waals surface area contributed by atoms with Gasteiger partial charge in [-0.3, -0.25) is 0 Å². The quantitative estimate of drug-likeness (QED) is 0.872. The molecule has 1 fully saturated rings. The smallest absolute Gasteiger partial charge is 0.297 e. The molecule has 0 aromatic carbocycles. The van der Waals surface area contributed by atoms with Gasteiger partial charge < -0.3 is 14.6 Å². The highest BCUT2D eigenvalue weighted by Crippen LogP contribution is 2.28. The maximum Gasteiger partial charge on any atom is 0.297 e. The molecule has 5 heteroatoms. The third kappa shape index (κ3) is 2.35. The van der Waals surface area contributed by atoms with Crippen LogP contribution in [0.1, 0.15) is 19.5 Å². The number of nitrogens with one attached hydrogen (secondary N) is 1. The summed E-state index contributed by atoms with van der Waals surface area (Å²) in [5.74, 6) is 1.15. The Morgan fingerprint density at radius 1 is 1.62 bits per heavy atom. The Labute approximate surface area is 101 Å². The van der Waals surface area contributed by atoms with E-state index in [0.29, 0.717) is 11.3 Å². The molecule has 90 valence electrons. The van der Waals surface area contributed by atoms with Crippen LogP contribution in [-0.4, -0.2) is 35.6 Å². The summed E-state index contributed by atoms with van der Waals surface area (Å²) in [6.07, 6.45) is 1.74. The van der Waals surface area contributed by atoms with Crippen LogP contribution in [0.3, 0.4) is 0 Å². The second-order valence-corrected chi connectivity index (χ2v) is 5.65. The van der Waals surface area contributed by atoms with Crippen LogP contribution in [0, 0.1) is 0 Å². The number of thioether (sulfide) groups is 1. The van der Waals surface area contributed by atoms with Gasteiger partial charge in [-0.25, -0.2) is 0 Å². The molecule has 2 atom stereocenters. The minimum Gasteiger partial charge on any atom is -0.432 e. The van der Waals surface area contributed by atoms with Gasteiger partial charge in [-0.1, -0.05) is 6.92 Å². The number of oxazole rings is 1. The molecule has 1 aliphatic rings. The predicted octanol–water partition coefficient (Wildman–Crippen LogP) is 1.72. The number of hydrogen-bond acceptors (Lipinski definition) is 5. The highest BCUT2D eigenvalue weighted by atomic mass is 32.2. The minimum atomic E-state index is 0.486. The third-order valence-electron chi connectivity index (χ3n) is 3.03. The summed E-state index contributed by atoms with van der Waals surface area (Å²) < 4.78 is 5.54. The Morgan fingerprint density at radius 2 is 2.44 bits per heavy atom. The molecule has 0 bridgehead atoms. The molecule has 0 spiro atoms. The fourth-order valence-corrected chi connectivity index (χ4v) is 2.99. The molecule has 0 aliphatic carbocycles. The molecule has 2 rings (SSSR count). The first-order valence-corrected chi connectivity index (χ1v) is 6.74. The van der Waals surface area contributed by atoms with E-state index < -0.39 is 0 Å². The first-order chi connectivity index (χ1) is 7.72. The normalized spacial score (nSPS) is 26.1. The van der Waals surface area contributed by atoms with Gasteiger partial charge in [0.15, 0.2) is 0 Å². The van der Waals surface area contributed by atoms with Gasteiger partial charge in [0.25, 0.3) is 6.01 Å². The molecule has 1 N–H and O–H groups in total. The molecule has 1 aromatic rings. The molecule has 0 amide bonds. The van der Waals surface area contributed by atoms with Crippen molar-refractivity contribution in [3.8, 4) is 0 Å². The van der Waals surface area contributed by atoms with Gasteiger partial charge in [0.1, 0.15) is 6.26 Å². The van der Waals surface area contributed by atoms with Gasteiger partial charge in [-0.05, 0) is 14.0 Å². The summed E-state index contributed by atoms with van der Waals surface area (Å²) in [5.41, 5.74) is 0.968. The van der Waals surface area contributed by atoms with E-state index >= 15 is 0 Å². The van der Waals surface area contributed by atoms with Crippen LogP contribution < -0.4 is 10.2 Å². The van der Waals surface area contributed by atoms with E-state index in [-0.39, 0.29) is 0 Å². The summed E-state index contributed by atoms with van der Waals surface area (Å²) in [7, 11) is 1.91. The lowest BCUT2D eigenvalue weighted by atomic mass is 10.2. The van der Waals surface area contributed by atoms with Crippen LogP contribution in [0.4, 0.5) is 6.01 Å². The van der Waals surface area contributed by atoms with Crippen molar-refractivity contribution in [3.05, 3.63) is 12.0 Å². The third-order valence-corrected chi connectivity index (χ3v) is 4.37. The highest BCUT2D eigenvalue weighted by molar-refractivity contribution is 8.00. The fourth-order valence-electron chi connectivity index (χ4n) is 1.89. The van der Waals surface area contributed by atoms with Crippen molar-refractivity contribution in [2.24, 2.45) is 0 Å². The van der Waals surface area contributed by atoms with Crippen molar-refractivity contribution in [2.75, 3.05) is 24.2 Å². The van der Waals surface area contributed by atoms with E-state index in [1.54, 1.807) is 6.26 Å². The van der Waals surface area contributed by atoms with Gasteiger partial charge in [0, 0.05) is 30.1 Å². The average molecular weight is 241 g/mol. The fraction of sp³-hybridized carbons (Fsp3) is 0.727. The van der Waals surface area contributed by atoms with E-state index in [0.717, 1.165) is 30.6 Å². The standard InChI is InChI=1S/C11H19N3OS/c1-8-9(2)16-5-4-14(8)11-13-10(6-12-3)7-15-11/h7-9,12H,4-6H2,1-3H3. The Morgan fingerprint density at radius 3 is 3.19 bits per heavy atom. The second-order valence-electron chi connectivity index (χ2n) is 4.16. The lowest BCUT2D eigenvalue weighted by molar-refractivity contribution is 0.500. The van der Waals surface area contributed by atoms with Crippen LogP contribution in [0.5, 0.6) is 0 Å². The molecule has 1 aromatic heterocycles. The van der Waals surface area contributed by atoms with Crippen molar-refractivity contribution < 1.29 is 4.42 Å². The number of hydrogen-bond donors (Lipinski definition) is 1. The number of rotatable bonds is 3. The molecule has 4 nitrogen and oxygen atoms in total. The Hall–Kier alpha value is -0.680. The van der Waals surface area contributed by atoms with Crippen LogP contribution >= 0.6 is 11.8 Å². The zero-order chi connectivity index (χ0) is 11.5. The van der Waals surface area contributed by atoms with Crippen molar-refractivity contribution in [1.29, 1.82) is 0 Å². The summed E-state index contributed by atoms with van der Waals surface area (Å²) in [4.78, 5) is 6.76. The SMILES string of the molecule is CNCc1coc(N2CCSC(C)C2C)n1. The number of anilines is 1. The molecule has 1 aliphatic heterocycles. The van der Waals surface area contributed by atoms with Crippen molar-refractivity contribution in [1.82, 2.24) is 10.3 Å². The lowest BCUT2D eigenvalue weighted by Gasteiger charge is -2.36. The summed E-state index contributed by atoms with van der Waals surface area (Å²) in [5, 5.41) is 3.71. The van der Waals surface area contributed by atoms with Crippen LogP contribution in [0.15, 0.2) is 10.7 Å². The van der Waals surface area contributed by atoms with Crippen LogP contribution in [0.2, 0.25) is 0 Å². The van der Waals surface area contributed by atoms with Crippen LogP contribution in [-0.2, 0) is 6.54 Å². The molecule has 0 radical (unpaired) electrons. The Kier molecular flexibility index (Phi) is 3.76. The molecular formula is C11H19N3OS. The summed E-state index contributed by atoms with van der Waals surface area (Å²) in [6, 6.07) is 1.25. The zero-order valence-electron chi connectivity index (χ0n) is 10.1. The van der Waals surface area contributed by atoms with Crippen molar-refractivity contribution in [3.63, 3.8) is 0 Å². The summed E-state index contributed by atoms with van der Waals surface area (Å²) in [6.45, 7) is 6.28. The van der Waals surface area contributed by atoms with E-state index in [1.807, 2.05) is 18.8 Å². The topological polar surface area (TPSA) is 41.3 Å². The van der Waals surface area contributed by atoms with E-state index in [4.69, 9.17) is 4.42 Å². The van der Waals surface area contributed by atoms with Gasteiger partial charge >= 0.3 is 0 Å². The van der Waals surface area contributed by atoms with Gasteiger partial charge in [0.2, 0.25) is 0 Å². The molecular weight excluding hydrogens is 222 g/mol. The first-order valence-electron chi connectivity index (χ1n) is 5.69. The van der Waals surface area contributed by atoms with Gasteiger partial charge in [0.05, 0.1) is 5.69 Å². The van der Waals surface area contributed by atoms with Crippen molar-refractivity contribution in [2.45, 2.75) is 31.7 Å². The van der Waals surface area contributed by atoms with E-state index in [9.17, 15) is 0 Å². The molecule has 16 heavy (non-hydrogen) atoms. The maximum absolute atomic E-state index is 5.54. The zero-order valence-corrected chi connectivity index (χ0v) is 10.9. The summed E-state index contributed by atoms with van der Waals surface area (Å²) >= 11 is 2.02. The van der Waals surface area contributed by atoms with Gasteiger partial charge in [-0.15, -0.1) is 0 Å².